The van der Waals surface area contributed by atoms with Gasteiger partial charge >= 0.3 is 5.97 Å². The summed E-state index contributed by atoms with van der Waals surface area (Å²) in [7, 11) is 1.63. The van der Waals surface area contributed by atoms with Gasteiger partial charge in [-0.05, 0) is 37.3 Å². The summed E-state index contributed by atoms with van der Waals surface area (Å²) < 4.78 is 5.27. The van der Waals surface area contributed by atoms with Crippen LogP contribution in [0.4, 0.5) is 0 Å². The highest BCUT2D eigenvalue weighted by atomic mass is 16.5. The van der Waals surface area contributed by atoms with Crippen LogP contribution in [0, 0.1) is 11.8 Å². The Morgan fingerprint density at radius 3 is 2.67 bits per heavy atom. The predicted molar refractivity (Wildman–Crippen MR) is 78.2 cm³/mol. The molecular weight excluding hydrogens is 270 g/mol. The lowest BCUT2D eigenvalue weighted by Crippen LogP contribution is -2.31. The summed E-state index contributed by atoms with van der Waals surface area (Å²) in [6.07, 6.45) is 2.41. The van der Waals surface area contributed by atoms with E-state index in [1.807, 2.05) is 24.3 Å². The fourth-order valence-electron chi connectivity index (χ4n) is 2.82. The van der Waals surface area contributed by atoms with Crippen molar-refractivity contribution < 1.29 is 19.4 Å². The van der Waals surface area contributed by atoms with Crippen molar-refractivity contribution in [2.24, 2.45) is 11.8 Å². The van der Waals surface area contributed by atoms with Crippen molar-refractivity contribution in [3.63, 3.8) is 0 Å². The molecule has 0 saturated heterocycles. The molecule has 0 radical (unpaired) electrons. The van der Waals surface area contributed by atoms with Crippen LogP contribution < -0.4 is 10.1 Å². The number of methoxy groups -OCH3 is 1. The lowest BCUT2D eigenvalue weighted by atomic mass is 10.0. The quantitative estimate of drug-likeness (QED) is 0.838. The first-order valence-corrected chi connectivity index (χ1v) is 7.24. The van der Waals surface area contributed by atoms with Gasteiger partial charge in [0, 0.05) is 12.5 Å². The second-order valence-electron chi connectivity index (χ2n) is 5.40. The summed E-state index contributed by atoms with van der Waals surface area (Å²) in [5, 5.41) is 11.8. The van der Waals surface area contributed by atoms with Crippen LogP contribution in [0.5, 0.6) is 5.75 Å². The third-order valence-corrected chi connectivity index (χ3v) is 4.04. The molecule has 1 fully saturated rings. The van der Waals surface area contributed by atoms with E-state index >= 15 is 0 Å². The maximum atomic E-state index is 12.0. The number of rotatable bonds is 6. The summed E-state index contributed by atoms with van der Waals surface area (Å²) in [5.74, 6) is -0.537. The number of ether oxygens (including phenoxy) is 1. The van der Waals surface area contributed by atoms with Crippen LogP contribution in [0.3, 0.4) is 0 Å². The second kappa shape index (κ2) is 7.11. The first kappa shape index (κ1) is 15.4. The van der Waals surface area contributed by atoms with Gasteiger partial charge in [-0.3, -0.25) is 9.59 Å². The number of carbonyl (C=O) groups is 2. The molecule has 5 nitrogen and oxygen atoms in total. The Balaban J connectivity index is 1.78. The van der Waals surface area contributed by atoms with E-state index in [0.29, 0.717) is 32.2 Å². The van der Waals surface area contributed by atoms with E-state index in [0.717, 1.165) is 11.3 Å². The fourth-order valence-corrected chi connectivity index (χ4v) is 2.82. The standard InChI is InChI=1S/C16H21NO4/c1-21-14-5-3-2-4-11(14)8-9-17-15(18)12-6-7-13(10-12)16(19)20/h2-5,12-13H,6-10H2,1H3,(H,17,18)(H,19,20)/t12-,13+/m1/s1. The molecule has 1 saturated carbocycles. The van der Waals surface area contributed by atoms with Crippen LogP contribution in [0.1, 0.15) is 24.8 Å². The number of hydrogen-bond donors (Lipinski definition) is 2. The minimum atomic E-state index is -0.792. The summed E-state index contributed by atoms with van der Waals surface area (Å²) >= 11 is 0. The van der Waals surface area contributed by atoms with Gasteiger partial charge in [-0.25, -0.2) is 0 Å². The van der Waals surface area contributed by atoms with Crippen molar-refractivity contribution in [3.05, 3.63) is 29.8 Å². The zero-order valence-corrected chi connectivity index (χ0v) is 12.2. The van der Waals surface area contributed by atoms with Gasteiger partial charge in [0.05, 0.1) is 13.0 Å². The highest BCUT2D eigenvalue weighted by molar-refractivity contribution is 5.80. The number of carbonyl (C=O) groups excluding carboxylic acids is 1. The maximum Gasteiger partial charge on any atom is 0.306 e. The van der Waals surface area contributed by atoms with Gasteiger partial charge < -0.3 is 15.2 Å². The predicted octanol–water partition coefficient (Wildman–Crippen LogP) is 1.85. The van der Waals surface area contributed by atoms with Gasteiger partial charge in [-0.2, -0.15) is 0 Å². The van der Waals surface area contributed by atoms with Gasteiger partial charge in [-0.15, -0.1) is 0 Å². The maximum absolute atomic E-state index is 12.0. The zero-order chi connectivity index (χ0) is 15.2. The molecule has 0 unspecified atom stereocenters. The number of aliphatic carboxylic acids is 1. The Hall–Kier alpha value is -2.04. The van der Waals surface area contributed by atoms with Crippen molar-refractivity contribution in [2.45, 2.75) is 25.7 Å². The van der Waals surface area contributed by atoms with Gasteiger partial charge in [0.2, 0.25) is 5.91 Å². The van der Waals surface area contributed by atoms with Crippen LogP contribution >= 0.6 is 0 Å². The number of amides is 1. The van der Waals surface area contributed by atoms with Crippen LogP contribution in [0.15, 0.2) is 24.3 Å². The highest BCUT2D eigenvalue weighted by Gasteiger charge is 2.33. The Bertz CT molecular complexity index is 515. The third-order valence-electron chi connectivity index (χ3n) is 4.04. The Morgan fingerprint density at radius 1 is 1.29 bits per heavy atom. The summed E-state index contributed by atoms with van der Waals surface area (Å²) in [5.41, 5.74) is 1.05. The molecule has 2 rings (SSSR count). The number of carboxylic acid groups (broad SMARTS) is 1. The molecule has 114 valence electrons. The van der Waals surface area contributed by atoms with Gasteiger partial charge in [0.15, 0.2) is 0 Å². The smallest absolute Gasteiger partial charge is 0.306 e. The van der Waals surface area contributed by atoms with E-state index in [1.54, 1.807) is 7.11 Å². The van der Waals surface area contributed by atoms with Crippen LogP contribution in [-0.2, 0) is 16.0 Å². The van der Waals surface area contributed by atoms with E-state index < -0.39 is 5.97 Å². The number of nitrogens with one attached hydrogen (secondary N) is 1. The molecule has 0 bridgehead atoms. The second-order valence-corrected chi connectivity index (χ2v) is 5.40. The van der Waals surface area contributed by atoms with E-state index in [9.17, 15) is 9.59 Å². The molecule has 2 atom stereocenters. The van der Waals surface area contributed by atoms with E-state index in [1.165, 1.54) is 0 Å². The van der Waals surface area contributed by atoms with Crippen LogP contribution in [-0.4, -0.2) is 30.6 Å². The minimum Gasteiger partial charge on any atom is -0.496 e. The third kappa shape index (κ3) is 3.97. The summed E-state index contributed by atoms with van der Waals surface area (Å²) in [4.78, 5) is 22.9. The molecule has 1 aliphatic carbocycles. The van der Waals surface area contributed by atoms with Crippen molar-refractivity contribution in [1.82, 2.24) is 5.32 Å². The molecule has 0 heterocycles. The SMILES string of the molecule is COc1ccccc1CCNC(=O)[C@@H]1CC[C@H](C(=O)O)C1. The molecule has 0 spiro atoms. The lowest BCUT2D eigenvalue weighted by Gasteiger charge is -2.12. The van der Waals surface area contributed by atoms with Crippen LogP contribution in [0.25, 0.3) is 0 Å². The molecule has 2 N–H and O–H groups in total. The number of hydrogen-bond acceptors (Lipinski definition) is 3. The van der Waals surface area contributed by atoms with Crippen molar-refractivity contribution in [3.8, 4) is 5.75 Å². The minimum absolute atomic E-state index is 0.0337. The van der Waals surface area contributed by atoms with Gasteiger partial charge in [-0.1, -0.05) is 18.2 Å². The Kier molecular flexibility index (Phi) is 5.20. The molecular formula is C16H21NO4. The molecule has 5 heteroatoms. The first-order chi connectivity index (χ1) is 10.1. The fraction of sp³-hybridized carbons (Fsp3) is 0.500. The zero-order valence-electron chi connectivity index (χ0n) is 12.2. The summed E-state index contributed by atoms with van der Waals surface area (Å²) in [6.45, 7) is 0.535. The van der Waals surface area contributed by atoms with E-state index in [4.69, 9.17) is 9.84 Å². The average molecular weight is 291 g/mol. The number of benzene rings is 1. The van der Waals surface area contributed by atoms with Gasteiger partial charge in [0.1, 0.15) is 5.75 Å². The molecule has 1 aromatic carbocycles. The number of carboxylic acids is 1. The monoisotopic (exact) mass is 291 g/mol. The highest BCUT2D eigenvalue weighted by Crippen LogP contribution is 2.31. The Labute approximate surface area is 124 Å². The van der Waals surface area contributed by atoms with Crippen molar-refractivity contribution in [1.29, 1.82) is 0 Å². The number of para-hydroxylation sites is 1. The van der Waals surface area contributed by atoms with Crippen molar-refractivity contribution >= 4 is 11.9 Å². The van der Waals surface area contributed by atoms with Crippen LogP contribution in [0.2, 0.25) is 0 Å². The molecule has 0 aromatic heterocycles. The normalized spacial score (nSPS) is 21.0. The molecule has 21 heavy (non-hydrogen) atoms. The topological polar surface area (TPSA) is 75.6 Å². The molecule has 0 aliphatic heterocycles. The Morgan fingerprint density at radius 2 is 2.00 bits per heavy atom. The van der Waals surface area contributed by atoms with E-state index in [-0.39, 0.29) is 17.7 Å². The average Bonchev–Trinajstić information content (AvgIpc) is 2.98. The largest absolute Gasteiger partial charge is 0.496 e. The van der Waals surface area contributed by atoms with Crippen molar-refractivity contribution in [2.75, 3.05) is 13.7 Å². The van der Waals surface area contributed by atoms with E-state index in [2.05, 4.69) is 5.32 Å². The summed E-state index contributed by atoms with van der Waals surface area (Å²) in [6, 6.07) is 7.71. The molecule has 1 aromatic rings. The lowest BCUT2D eigenvalue weighted by molar-refractivity contribution is -0.141. The first-order valence-electron chi connectivity index (χ1n) is 7.24. The molecule has 1 amide bonds. The van der Waals surface area contributed by atoms with Gasteiger partial charge in [0.25, 0.3) is 0 Å². The molecule has 1 aliphatic rings.